The number of H-pyrrole nitrogens is 1. The Bertz CT molecular complexity index is 1240. The smallest absolute Gasteiger partial charge is 0.341 e. The van der Waals surface area contributed by atoms with Crippen molar-refractivity contribution >= 4 is 16.9 Å². The lowest BCUT2D eigenvalue weighted by Crippen LogP contribution is -2.34. The summed E-state index contributed by atoms with van der Waals surface area (Å²) >= 11 is 0. The van der Waals surface area contributed by atoms with E-state index >= 15 is 0 Å². The van der Waals surface area contributed by atoms with Gasteiger partial charge in [0.1, 0.15) is 23.2 Å². The van der Waals surface area contributed by atoms with E-state index in [4.69, 9.17) is 4.74 Å². The molecule has 0 unspecified atom stereocenters. The molecule has 5 rings (SSSR count). The highest BCUT2D eigenvalue weighted by atomic mass is 19.1. The molecule has 150 valence electrons. The maximum absolute atomic E-state index is 14.8. The normalized spacial score (nSPS) is 18.3. The minimum absolute atomic E-state index is 0.0768. The van der Waals surface area contributed by atoms with E-state index in [1.54, 1.807) is 16.8 Å². The molecule has 2 aliphatic rings. The van der Waals surface area contributed by atoms with Crippen LogP contribution in [0.4, 0.5) is 4.39 Å². The minimum atomic E-state index is -1.27. The molecule has 0 spiro atoms. The molecule has 1 aliphatic carbocycles. The Labute approximate surface area is 165 Å². The number of ether oxygens (including phenoxy) is 1. The summed E-state index contributed by atoms with van der Waals surface area (Å²) in [6, 6.07) is 4.47. The van der Waals surface area contributed by atoms with Crippen LogP contribution in [0.2, 0.25) is 0 Å². The number of benzene rings is 1. The van der Waals surface area contributed by atoms with E-state index in [0.717, 1.165) is 12.8 Å². The van der Waals surface area contributed by atoms with E-state index in [2.05, 4.69) is 4.98 Å². The largest absolute Gasteiger partial charge is 0.484 e. The number of rotatable bonds is 2. The van der Waals surface area contributed by atoms with Gasteiger partial charge in [-0.05, 0) is 31.0 Å². The van der Waals surface area contributed by atoms with Gasteiger partial charge in [-0.3, -0.25) is 4.79 Å². The highest BCUT2D eigenvalue weighted by molar-refractivity contribution is 5.95. The molecule has 0 bridgehead atoms. The molecule has 2 aromatic heterocycles. The van der Waals surface area contributed by atoms with E-state index in [9.17, 15) is 19.1 Å². The van der Waals surface area contributed by atoms with Crippen LogP contribution in [0, 0.1) is 11.2 Å². The van der Waals surface area contributed by atoms with Crippen molar-refractivity contribution in [2.45, 2.75) is 45.8 Å². The summed E-state index contributed by atoms with van der Waals surface area (Å²) in [5.74, 6) is -1.19. The van der Waals surface area contributed by atoms with Gasteiger partial charge in [0, 0.05) is 34.2 Å². The average molecular weight is 396 g/mol. The van der Waals surface area contributed by atoms with Crippen LogP contribution < -0.4 is 10.3 Å². The summed E-state index contributed by atoms with van der Waals surface area (Å²) < 4.78 is 22.8. The number of aromatic nitrogens is 2. The molecular formula is C22H21FN2O4. The molecule has 3 aromatic rings. The molecule has 1 aliphatic heterocycles. The SMILES string of the molecule is CC(C)(C)[C@@H]1Oc2c(cc(F)c3[nH]ccc23)-c2c1cc(C(=O)O)c(=O)n2C1CC1. The van der Waals surface area contributed by atoms with Crippen molar-refractivity contribution < 1.29 is 19.0 Å². The van der Waals surface area contributed by atoms with Crippen LogP contribution in [0.5, 0.6) is 5.75 Å². The fraction of sp³-hybridized carbons (Fsp3) is 0.364. The summed E-state index contributed by atoms with van der Waals surface area (Å²) in [6.45, 7) is 5.99. The Morgan fingerprint density at radius 2 is 2.03 bits per heavy atom. The number of fused-ring (bicyclic) bond motifs is 5. The molecule has 1 fully saturated rings. The van der Waals surface area contributed by atoms with Crippen LogP contribution in [-0.2, 0) is 0 Å². The van der Waals surface area contributed by atoms with Crippen molar-refractivity contribution in [3.05, 3.63) is 51.7 Å². The first-order chi connectivity index (χ1) is 13.7. The highest BCUT2D eigenvalue weighted by Gasteiger charge is 2.41. The topological polar surface area (TPSA) is 84.3 Å². The monoisotopic (exact) mass is 396 g/mol. The van der Waals surface area contributed by atoms with Crippen molar-refractivity contribution in [2.75, 3.05) is 0 Å². The number of nitrogens with one attached hydrogen (secondary N) is 1. The van der Waals surface area contributed by atoms with Gasteiger partial charge in [0.2, 0.25) is 0 Å². The number of carboxylic acids is 1. The van der Waals surface area contributed by atoms with Gasteiger partial charge in [-0.15, -0.1) is 0 Å². The van der Waals surface area contributed by atoms with Gasteiger partial charge >= 0.3 is 5.97 Å². The number of carboxylic acid groups (broad SMARTS) is 1. The fourth-order valence-electron chi connectivity index (χ4n) is 4.27. The number of halogens is 1. The van der Waals surface area contributed by atoms with Crippen molar-refractivity contribution in [1.82, 2.24) is 9.55 Å². The maximum atomic E-state index is 14.8. The van der Waals surface area contributed by atoms with E-state index in [1.165, 1.54) is 12.1 Å². The molecule has 0 saturated heterocycles. The zero-order chi connectivity index (χ0) is 20.7. The third-order valence-corrected chi connectivity index (χ3v) is 5.71. The molecule has 7 heteroatoms. The Kier molecular flexibility index (Phi) is 3.54. The number of nitrogens with zero attached hydrogens (tertiary/aromatic N) is 1. The number of hydrogen-bond donors (Lipinski definition) is 2. The van der Waals surface area contributed by atoms with Crippen molar-refractivity contribution in [1.29, 1.82) is 0 Å². The minimum Gasteiger partial charge on any atom is -0.484 e. The summed E-state index contributed by atoms with van der Waals surface area (Å²) in [6.07, 6.45) is 2.75. The molecule has 1 aromatic carbocycles. The number of aromatic carboxylic acids is 1. The standard InChI is InChI=1S/C22H21FN2O4/c1-22(2,3)19-13-8-14(21(27)28)20(26)25(10-4-5-10)17(13)12-9-15(23)16-11(6-7-24-16)18(12)29-19/h6-10,19,24H,4-5H2,1-3H3,(H,27,28)/t19-/m1/s1. The van der Waals surface area contributed by atoms with E-state index in [-0.39, 0.29) is 17.0 Å². The molecule has 29 heavy (non-hydrogen) atoms. The molecular weight excluding hydrogens is 375 g/mol. The molecule has 2 N–H and O–H groups in total. The van der Waals surface area contributed by atoms with Gasteiger partial charge < -0.3 is 19.4 Å². The van der Waals surface area contributed by atoms with E-state index in [1.807, 2.05) is 20.8 Å². The summed E-state index contributed by atoms with van der Waals surface area (Å²) in [5, 5.41) is 10.2. The van der Waals surface area contributed by atoms with Crippen LogP contribution in [0.25, 0.3) is 22.2 Å². The number of pyridine rings is 1. The summed E-state index contributed by atoms with van der Waals surface area (Å²) in [5.41, 5.74) is 0.821. The molecule has 0 amide bonds. The Balaban J connectivity index is 1.95. The molecule has 0 radical (unpaired) electrons. The summed E-state index contributed by atoms with van der Waals surface area (Å²) in [7, 11) is 0. The van der Waals surface area contributed by atoms with Gasteiger partial charge in [-0.2, -0.15) is 0 Å². The van der Waals surface area contributed by atoms with Gasteiger partial charge in [0.25, 0.3) is 5.56 Å². The van der Waals surface area contributed by atoms with Crippen LogP contribution in [0.1, 0.15) is 61.7 Å². The van der Waals surface area contributed by atoms with Crippen LogP contribution in [0.15, 0.2) is 29.2 Å². The van der Waals surface area contributed by atoms with E-state index in [0.29, 0.717) is 33.5 Å². The predicted octanol–water partition coefficient (Wildman–Crippen LogP) is 4.65. The van der Waals surface area contributed by atoms with Crippen molar-refractivity contribution in [3.63, 3.8) is 0 Å². The molecule has 1 saturated carbocycles. The van der Waals surface area contributed by atoms with Gasteiger partial charge in [0.05, 0.1) is 11.2 Å². The van der Waals surface area contributed by atoms with Gasteiger partial charge in [-0.1, -0.05) is 20.8 Å². The quantitative estimate of drug-likeness (QED) is 0.660. The second-order valence-electron chi connectivity index (χ2n) is 8.94. The fourth-order valence-corrected chi connectivity index (χ4v) is 4.27. The number of carbonyl (C=O) groups is 1. The first-order valence-corrected chi connectivity index (χ1v) is 9.68. The van der Waals surface area contributed by atoms with Crippen LogP contribution in [0.3, 0.4) is 0 Å². The first-order valence-electron chi connectivity index (χ1n) is 9.68. The van der Waals surface area contributed by atoms with Crippen LogP contribution >= 0.6 is 0 Å². The first kappa shape index (κ1) is 18.0. The Morgan fingerprint density at radius 3 is 2.66 bits per heavy atom. The van der Waals surface area contributed by atoms with Crippen molar-refractivity contribution in [3.8, 4) is 17.0 Å². The van der Waals surface area contributed by atoms with Gasteiger partial charge in [0.15, 0.2) is 0 Å². The number of hydrogen-bond acceptors (Lipinski definition) is 3. The third-order valence-electron chi connectivity index (χ3n) is 5.71. The lowest BCUT2D eigenvalue weighted by molar-refractivity contribution is 0.0689. The summed E-state index contributed by atoms with van der Waals surface area (Å²) in [4.78, 5) is 27.7. The molecule has 6 nitrogen and oxygen atoms in total. The zero-order valence-corrected chi connectivity index (χ0v) is 16.4. The molecule has 3 heterocycles. The Hall–Kier alpha value is -3.09. The Morgan fingerprint density at radius 1 is 1.31 bits per heavy atom. The second kappa shape index (κ2) is 5.72. The van der Waals surface area contributed by atoms with Gasteiger partial charge in [-0.25, -0.2) is 9.18 Å². The maximum Gasteiger partial charge on any atom is 0.341 e. The lowest BCUT2D eigenvalue weighted by atomic mass is 9.80. The zero-order valence-electron chi connectivity index (χ0n) is 16.4. The van der Waals surface area contributed by atoms with Crippen molar-refractivity contribution in [2.24, 2.45) is 5.41 Å². The lowest BCUT2D eigenvalue weighted by Gasteiger charge is -2.38. The highest BCUT2D eigenvalue weighted by Crippen LogP contribution is 2.52. The van der Waals surface area contributed by atoms with E-state index < -0.39 is 23.4 Å². The third kappa shape index (κ3) is 2.53. The molecule has 1 atom stereocenters. The average Bonchev–Trinajstić information content (AvgIpc) is 3.34. The van der Waals surface area contributed by atoms with Crippen LogP contribution in [-0.4, -0.2) is 20.6 Å². The predicted molar refractivity (Wildman–Crippen MR) is 106 cm³/mol. The number of aromatic amines is 1. The second-order valence-corrected chi connectivity index (χ2v) is 8.94.